The third-order valence-corrected chi connectivity index (χ3v) is 10.3. The van der Waals surface area contributed by atoms with E-state index in [1.807, 2.05) is 19.9 Å². The van der Waals surface area contributed by atoms with Crippen LogP contribution in [0.1, 0.15) is 75.3 Å². The number of nitrogens with zero attached hydrogens (tertiary/aromatic N) is 2. The monoisotopic (exact) mass is 668 g/mol. The van der Waals surface area contributed by atoms with Crippen LogP contribution in [-0.4, -0.2) is 45.9 Å². The van der Waals surface area contributed by atoms with E-state index in [0.717, 1.165) is 39.8 Å². The van der Waals surface area contributed by atoms with Gasteiger partial charge in [-0.3, -0.25) is 9.78 Å². The fourth-order valence-electron chi connectivity index (χ4n) is 6.40. The first kappa shape index (κ1) is 33.8. The molecule has 0 saturated heterocycles. The lowest BCUT2D eigenvalue weighted by molar-refractivity contribution is -0.126. The Bertz CT molecular complexity index is 1750. The van der Waals surface area contributed by atoms with Gasteiger partial charge < -0.3 is 14.7 Å². The largest absolute Gasteiger partial charge is 0.491 e. The Labute approximate surface area is 277 Å². The molecule has 2 aromatic heterocycles. The molecule has 1 unspecified atom stereocenters. The van der Waals surface area contributed by atoms with E-state index in [0.29, 0.717) is 46.1 Å². The van der Waals surface area contributed by atoms with Crippen LogP contribution in [0.4, 0.5) is 8.78 Å². The number of allylic oxidation sites excluding steroid dienone is 4. The summed E-state index contributed by atoms with van der Waals surface area (Å²) >= 11 is 7.71. The number of carboxylic acid groups (broad SMARTS) is 1. The number of ether oxygens (including phenoxy) is 1. The molecule has 0 aliphatic heterocycles. The molecule has 1 saturated carbocycles. The fourth-order valence-corrected chi connectivity index (χ4v) is 7.58. The Morgan fingerprint density at radius 3 is 2.63 bits per heavy atom. The van der Waals surface area contributed by atoms with Gasteiger partial charge in [0.05, 0.1) is 22.3 Å². The van der Waals surface area contributed by atoms with Gasteiger partial charge in [0.2, 0.25) is 5.92 Å². The van der Waals surface area contributed by atoms with Crippen LogP contribution >= 0.6 is 22.9 Å². The number of hydrogen-bond acceptors (Lipinski definition) is 5. The number of thiophene rings is 1. The molecule has 1 aromatic carbocycles. The van der Waals surface area contributed by atoms with E-state index in [-0.39, 0.29) is 49.3 Å². The van der Waals surface area contributed by atoms with Crippen LogP contribution in [0, 0.1) is 18.8 Å². The number of amides is 1. The van der Waals surface area contributed by atoms with Gasteiger partial charge in [-0.2, -0.15) is 0 Å². The van der Waals surface area contributed by atoms with Crippen molar-refractivity contribution in [3.05, 3.63) is 81.0 Å². The number of rotatable bonds is 11. The van der Waals surface area contributed by atoms with Crippen molar-refractivity contribution in [2.45, 2.75) is 72.1 Å². The zero-order valence-corrected chi connectivity index (χ0v) is 28.2. The first-order chi connectivity index (χ1) is 21.7. The van der Waals surface area contributed by atoms with Crippen LogP contribution in [-0.2, 0) is 4.79 Å². The van der Waals surface area contributed by atoms with Gasteiger partial charge in [-0.1, -0.05) is 35.4 Å². The number of alkyl halides is 2. The number of hydrogen-bond donors (Lipinski definition) is 1. The molecular weight excluding hydrogens is 630 g/mol. The molecule has 10 heteroatoms. The van der Waals surface area contributed by atoms with Crippen molar-refractivity contribution in [2.24, 2.45) is 11.8 Å². The minimum Gasteiger partial charge on any atom is -0.491 e. The first-order valence-electron chi connectivity index (χ1n) is 15.5. The number of aromatic carboxylic acids is 1. The molecule has 46 heavy (non-hydrogen) atoms. The molecule has 0 bridgehead atoms. The van der Waals surface area contributed by atoms with E-state index >= 15 is 0 Å². The fraction of sp³-hybridized carbons (Fsp3) is 0.417. The highest BCUT2D eigenvalue weighted by atomic mass is 35.5. The van der Waals surface area contributed by atoms with Gasteiger partial charge >= 0.3 is 5.97 Å². The zero-order valence-electron chi connectivity index (χ0n) is 26.6. The van der Waals surface area contributed by atoms with Crippen molar-refractivity contribution in [3.8, 4) is 16.9 Å². The maximum atomic E-state index is 13.9. The van der Waals surface area contributed by atoms with Crippen molar-refractivity contribution in [1.82, 2.24) is 9.88 Å². The molecule has 3 aromatic rings. The van der Waals surface area contributed by atoms with Crippen LogP contribution in [0.15, 0.2) is 64.7 Å². The normalized spacial score (nSPS) is 18.4. The molecule has 1 amide bonds. The van der Waals surface area contributed by atoms with Crippen molar-refractivity contribution in [1.29, 1.82) is 0 Å². The predicted octanol–water partition coefficient (Wildman–Crippen LogP) is 9.86. The number of carboxylic acids is 1. The van der Waals surface area contributed by atoms with E-state index in [1.165, 1.54) is 11.3 Å². The average molecular weight is 669 g/mol. The highest BCUT2D eigenvalue weighted by Gasteiger charge is 2.44. The molecule has 1 fully saturated rings. The average Bonchev–Trinajstić information content (AvgIpc) is 3.41. The third-order valence-electron chi connectivity index (χ3n) is 9.07. The molecule has 1 N–H and O–H groups in total. The highest BCUT2D eigenvalue weighted by molar-refractivity contribution is 7.18. The molecule has 0 spiro atoms. The second-order valence-electron chi connectivity index (χ2n) is 12.6. The minimum atomic E-state index is -2.51. The Kier molecular flexibility index (Phi) is 10.0. The van der Waals surface area contributed by atoms with Crippen LogP contribution in [0.3, 0.4) is 0 Å². The van der Waals surface area contributed by atoms with Gasteiger partial charge in [0.25, 0.3) is 5.91 Å². The Morgan fingerprint density at radius 2 is 1.96 bits per heavy atom. The van der Waals surface area contributed by atoms with Crippen LogP contribution < -0.4 is 4.74 Å². The van der Waals surface area contributed by atoms with E-state index in [1.54, 1.807) is 35.4 Å². The molecule has 2 heterocycles. The van der Waals surface area contributed by atoms with Gasteiger partial charge in [-0.25, -0.2) is 13.6 Å². The number of aryl methyl sites for hydroxylation is 1. The van der Waals surface area contributed by atoms with Gasteiger partial charge in [0, 0.05) is 51.3 Å². The molecular formula is C36H39ClF2N2O4S. The van der Waals surface area contributed by atoms with Gasteiger partial charge in [0.1, 0.15) is 12.4 Å². The summed E-state index contributed by atoms with van der Waals surface area (Å²) in [6, 6.07) is 7.18. The van der Waals surface area contributed by atoms with Gasteiger partial charge in [0.15, 0.2) is 0 Å². The Balaban J connectivity index is 1.30. The molecule has 6 nitrogen and oxygen atoms in total. The van der Waals surface area contributed by atoms with E-state index in [9.17, 15) is 23.5 Å². The van der Waals surface area contributed by atoms with Crippen LogP contribution in [0.2, 0.25) is 5.02 Å². The summed E-state index contributed by atoms with van der Waals surface area (Å²) in [5.74, 6) is -2.86. The topological polar surface area (TPSA) is 79.7 Å². The van der Waals surface area contributed by atoms with E-state index < -0.39 is 11.9 Å². The quantitative estimate of drug-likeness (QED) is 0.206. The summed E-state index contributed by atoms with van der Waals surface area (Å²) in [7, 11) is 0. The number of aromatic nitrogens is 1. The van der Waals surface area contributed by atoms with Gasteiger partial charge in [-0.15, -0.1) is 11.3 Å². The lowest BCUT2D eigenvalue weighted by Crippen LogP contribution is -2.35. The van der Waals surface area contributed by atoms with Crippen LogP contribution in [0.5, 0.6) is 5.75 Å². The molecule has 244 valence electrons. The minimum absolute atomic E-state index is 0.0353. The second-order valence-corrected chi connectivity index (χ2v) is 14.0. The standard InChI is InChI=1S/C36H39ClF2N2O4S/c1-20(2)41(34(42)27-15-25(9-7-22(27)4)21(3)6-8-24-17-36(38,39)18-24)12-13-45-31-11-10-26(37)16-28(31)29-14-23(5)40-32-30(35(43)44)19-46-33(29)32/h6,10-11,14,16,19,24-25H,1,7-9,12-13,15,17-18H2,2-5H3,(H,43,44)/b21-6+. The van der Waals surface area contributed by atoms with Crippen molar-refractivity contribution < 1.29 is 28.2 Å². The van der Waals surface area contributed by atoms with Crippen molar-refractivity contribution in [3.63, 3.8) is 0 Å². The van der Waals surface area contributed by atoms with Crippen molar-refractivity contribution >= 4 is 45.0 Å². The summed E-state index contributed by atoms with van der Waals surface area (Å²) < 4.78 is 33.5. The summed E-state index contributed by atoms with van der Waals surface area (Å²) in [5.41, 5.74) is 6.31. The zero-order chi connectivity index (χ0) is 33.3. The maximum absolute atomic E-state index is 13.9. The van der Waals surface area contributed by atoms with E-state index in [2.05, 4.69) is 24.6 Å². The predicted molar refractivity (Wildman–Crippen MR) is 180 cm³/mol. The number of carbonyl (C=O) groups excluding carboxylic acids is 1. The number of halogens is 3. The van der Waals surface area contributed by atoms with Gasteiger partial charge in [-0.05, 0) is 89.5 Å². The smallest absolute Gasteiger partial charge is 0.338 e. The highest BCUT2D eigenvalue weighted by Crippen LogP contribution is 2.45. The van der Waals surface area contributed by atoms with Crippen LogP contribution in [0.25, 0.3) is 21.3 Å². The summed E-state index contributed by atoms with van der Waals surface area (Å²) in [6.07, 6.45) is 5.02. The Hall–Kier alpha value is -3.56. The molecule has 1 atom stereocenters. The first-order valence-corrected chi connectivity index (χ1v) is 16.7. The molecule has 0 radical (unpaired) electrons. The molecule has 2 aliphatic rings. The summed E-state index contributed by atoms with van der Waals surface area (Å²) in [4.78, 5) is 31.8. The lowest BCUT2D eigenvalue weighted by Gasteiger charge is -2.35. The maximum Gasteiger partial charge on any atom is 0.338 e. The Morgan fingerprint density at radius 1 is 1.22 bits per heavy atom. The van der Waals surface area contributed by atoms with E-state index in [4.69, 9.17) is 16.3 Å². The second kappa shape index (κ2) is 13.7. The SMILES string of the molecule is C=C(C)N(CCOc1ccc(Cl)cc1-c1cc(C)nc2c(C(=O)O)csc12)C(=O)C1=C(C)CCC(/C(C)=C/CC2CC(F)(F)C2)C1. The summed E-state index contributed by atoms with van der Waals surface area (Å²) in [5, 5.41) is 11.7. The summed E-state index contributed by atoms with van der Waals surface area (Å²) in [6.45, 7) is 12.2. The molecule has 2 aliphatic carbocycles. The molecule has 5 rings (SSSR count). The number of benzene rings is 1. The number of fused-ring (bicyclic) bond motifs is 1. The number of carbonyl (C=O) groups is 2. The number of pyridine rings is 1. The lowest BCUT2D eigenvalue weighted by atomic mass is 9.76. The third kappa shape index (κ3) is 7.36. The van der Waals surface area contributed by atoms with Crippen molar-refractivity contribution in [2.75, 3.05) is 13.2 Å².